The molecule has 25 heavy (non-hydrogen) atoms. The summed E-state index contributed by atoms with van der Waals surface area (Å²) in [6, 6.07) is 16.1. The van der Waals surface area contributed by atoms with Crippen molar-refractivity contribution in [3.63, 3.8) is 0 Å². The van der Waals surface area contributed by atoms with Gasteiger partial charge in [-0.05, 0) is 11.6 Å². The van der Waals surface area contributed by atoms with E-state index in [9.17, 15) is 13.2 Å². The lowest BCUT2D eigenvalue weighted by atomic mass is 10.2. The van der Waals surface area contributed by atoms with Gasteiger partial charge in [0.1, 0.15) is 0 Å². The minimum Gasteiger partial charge on any atom is -0.272 e. The Hall–Kier alpha value is -2.22. The standard InChI is InChI=1S/C17H18ClN3O3S/c1-25(23,24)21(12-14-7-3-2-4-8-14)13-17(22)20-19-11-15-9-5-6-10-16(15)18/h2-11H,12-13H2,1H3,(H,20,22)/b19-11-. The summed E-state index contributed by atoms with van der Waals surface area (Å²) in [5.74, 6) is -0.537. The van der Waals surface area contributed by atoms with Crippen LogP contribution in [0.1, 0.15) is 11.1 Å². The molecule has 1 N–H and O–H groups in total. The SMILES string of the molecule is CS(=O)(=O)N(CC(=O)N/N=C\c1ccccc1Cl)Cc1ccccc1. The van der Waals surface area contributed by atoms with Crippen molar-refractivity contribution in [2.45, 2.75) is 6.54 Å². The molecule has 132 valence electrons. The molecule has 0 aliphatic carbocycles. The van der Waals surface area contributed by atoms with Crippen molar-refractivity contribution in [1.29, 1.82) is 0 Å². The van der Waals surface area contributed by atoms with Crippen molar-refractivity contribution in [3.05, 3.63) is 70.7 Å². The maximum Gasteiger partial charge on any atom is 0.255 e. The Balaban J connectivity index is 1.99. The van der Waals surface area contributed by atoms with Crippen molar-refractivity contribution >= 4 is 33.7 Å². The zero-order valence-electron chi connectivity index (χ0n) is 13.6. The third kappa shape index (κ3) is 6.30. The molecule has 8 heteroatoms. The molecule has 0 aromatic heterocycles. The van der Waals surface area contributed by atoms with E-state index in [1.807, 2.05) is 18.2 Å². The van der Waals surface area contributed by atoms with E-state index in [-0.39, 0.29) is 13.1 Å². The van der Waals surface area contributed by atoms with Gasteiger partial charge in [-0.15, -0.1) is 0 Å². The zero-order valence-corrected chi connectivity index (χ0v) is 15.2. The Kier molecular flexibility index (Phi) is 6.69. The van der Waals surface area contributed by atoms with Gasteiger partial charge in [0.25, 0.3) is 5.91 Å². The van der Waals surface area contributed by atoms with Crippen molar-refractivity contribution in [3.8, 4) is 0 Å². The van der Waals surface area contributed by atoms with E-state index in [1.165, 1.54) is 6.21 Å². The van der Waals surface area contributed by atoms with Crippen LogP contribution >= 0.6 is 11.6 Å². The van der Waals surface area contributed by atoms with Gasteiger partial charge in [-0.3, -0.25) is 4.79 Å². The molecule has 0 saturated heterocycles. The first-order valence-corrected chi connectivity index (χ1v) is 9.64. The summed E-state index contributed by atoms with van der Waals surface area (Å²) in [5.41, 5.74) is 3.75. The molecular weight excluding hydrogens is 362 g/mol. The Morgan fingerprint density at radius 2 is 1.80 bits per heavy atom. The Bertz CT molecular complexity index is 854. The molecule has 0 aliphatic heterocycles. The van der Waals surface area contributed by atoms with Crippen LogP contribution in [0.15, 0.2) is 59.7 Å². The Labute approximate surface area is 152 Å². The lowest BCUT2D eigenvalue weighted by molar-refractivity contribution is -0.121. The lowest BCUT2D eigenvalue weighted by Crippen LogP contribution is -2.38. The summed E-state index contributed by atoms with van der Waals surface area (Å²) in [7, 11) is -3.54. The molecule has 0 fully saturated rings. The topological polar surface area (TPSA) is 78.8 Å². The van der Waals surface area contributed by atoms with Gasteiger partial charge in [0.2, 0.25) is 10.0 Å². The van der Waals surface area contributed by atoms with Gasteiger partial charge in [-0.25, -0.2) is 13.8 Å². The number of carbonyl (C=O) groups excluding carboxylic acids is 1. The molecule has 0 unspecified atom stereocenters. The molecular formula is C17H18ClN3O3S. The molecule has 6 nitrogen and oxygen atoms in total. The molecule has 0 spiro atoms. The van der Waals surface area contributed by atoms with Crippen LogP contribution < -0.4 is 5.43 Å². The first kappa shape index (κ1) is 19.1. The highest BCUT2D eigenvalue weighted by molar-refractivity contribution is 7.88. The van der Waals surface area contributed by atoms with Crippen molar-refractivity contribution in [1.82, 2.24) is 9.73 Å². The monoisotopic (exact) mass is 379 g/mol. The smallest absolute Gasteiger partial charge is 0.255 e. The van der Waals surface area contributed by atoms with Gasteiger partial charge >= 0.3 is 0 Å². The third-order valence-corrected chi connectivity index (χ3v) is 4.83. The average molecular weight is 380 g/mol. The van der Waals surface area contributed by atoms with E-state index in [1.54, 1.807) is 36.4 Å². The predicted octanol–water partition coefficient (Wildman–Crippen LogP) is 2.25. The molecule has 0 aliphatic rings. The number of hydrazone groups is 1. The number of halogens is 1. The number of nitrogens with one attached hydrogen (secondary N) is 1. The number of hydrogen-bond donors (Lipinski definition) is 1. The van der Waals surface area contributed by atoms with E-state index >= 15 is 0 Å². The molecule has 0 bridgehead atoms. The lowest BCUT2D eigenvalue weighted by Gasteiger charge is -2.18. The number of carbonyl (C=O) groups is 1. The van der Waals surface area contributed by atoms with Crippen LogP contribution in [-0.2, 0) is 21.4 Å². The molecule has 2 aromatic rings. The van der Waals surface area contributed by atoms with Crippen LogP contribution in [-0.4, -0.2) is 37.6 Å². The highest BCUT2D eigenvalue weighted by Crippen LogP contribution is 2.12. The zero-order chi connectivity index (χ0) is 18.3. The van der Waals surface area contributed by atoms with Crippen molar-refractivity contribution in [2.75, 3.05) is 12.8 Å². The Morgan fingerprint density at radius 1 is 1.16 bits per heavy atom. The average Bonchev–Trinajstić information content (AvgIpc) is 2.56. The second-order valence-corrected chi connectivity index (χ2v) is 7.72. The van der Waals surface area contributed by atoms with Crippen LogP contribution in [0.3, 0.4) is 0 Å². The van der Waals surface area contributed by atoms with Crippen LogP contribution in [0.2, 0.25) is 5.02 Å². The van der Waals surface area contributed by atoms with Gasteiger partial charge in [0.05, 0.1) is 19.0 Å². The van der Waals surface area contributed by atoms with Crippen molar-refractivity contribution < 1.29 is 13.2 Å². The van der Waals surface area contributed by atoms with E-state index in [2.05, 4.69) is 10.5 Å². The molecule has 0 heterocycles. The molecule has 2 aromatic carbocycles. The second-order valence-electron chi connectivity index (χ2n) is 5.33. The molecule has 1 amide bonds. The number of sulfonamides is 1. The van der Waals surface area contributed by atoms with Crippen LogP contribution in [0.25, 0.3) is 0 Å². The van der Waals surface area contributed by atoms with E-state index in [0.717, 1.165) is 16.1 Å². The minimum absolute atomic E-state index is 0.112. The fraction of sp³-hybridized carbons (Fsp3) is 0.176. The number of amides is 1. The van der Waals surface area contributed by atoms with Crippen LogP contribution in [0, 0.1) is 0 Å². The van der Waals surface area contributed by atoms with Gasteiger partial charge < -0.3 is 0 Å². The van der Waals surface area contributed by atoms with E-state index in [0.29, 0.717) is 10.6 Å². The predicted molar refractivity (Wildman–Crippen MR) is 98.9 cm³/mol. The van der Waals surface area contributed by atoms with Crippen LogP contribution in [0.4, 0.5) is 0 Å². The highest BCUT2D eigenvalue weighted by atomic mass is 35.5. The highest BCUT2D eigenvalue weighted by Gasteiger charge is 2.20. The fourth-order valence-corrected chi connectivity index (χ4v) is 2.95. The quantitative estimate of drug-likeness (QED) is 0.592. The van der Waals surface area contributed by atoms with Gasteiger partial charge in [-0.2, -0.15) is 9.41 Å². The van der Waals surface area contributed by atoms with Gasteiger partial charge in [0.15, 0.2) is 0 Å². The fourth-order valence-electron chi connectivity index (χ4n) is 2.03. The molecule has 0 radical (unpaired) electrons. The second kappa shape index (κ2) is 8.75. The van der Waals surface area contributed by atoms with E-state index in [4.69, 9.17) is 11.6 Å². The number of nitrogens with zero attached hydrogens (tertiary/aromatic N) is 2. The molecule has 2 rings (SSSR count). The van der Waals surface area contributed by atoms with Gasteiger partial charge in [0, 0.05) is 17.1 Å². The first-order chi connectivity index (χ1) is 11.9. The normalized spacial score (nSPS) is 11.8. The molecule has 0 saturated carbocycles. The summed E-state index contributed by atoms with van der Waals surface area (Å²) in [5, 5.41) is 4.32. The third-order valence-electron chi connectivity index (χ3n) is 3.29. The summed E-state index contributed by atoms with van der Waals surface area (Å²) in [6.45, 7) is -0.213. The van der Waals surface area contributed by atoms with Gasteiger partial charge in [-0.1, -0.05) is 60.1 Å². The maximum atomic E-state index is 12.0. The van der Waals surface area contributed by atoms with Crippen molar-refractivity contribution in [2.24, 2.45) is 5.10 Å². The number of hydrogen-bond acceptors (Lipinski definition) is 4. The van der Waals surface area contributed by atoms with Crippen LogP contribution in [0.5, 0.6) is 0 Å². The maximum absolute atomic E-state index is 12.0. The molecule has 0 atom stereocenters. The minimum atomic E-state index is -3.54. The largest absolute Gasteiger partial charge is 0.272 e. The van der Waals surface area contributed by atoms with E-state index < -0.39 is 15.9 Å². The summed E-state index contributed by atoms with van der Waals surface area (Å²) in [6.07, 6.45) is 2.47. The summed E-state index contributed by atoms with van der Waals surface area (Å²) in [4.78, 5) is 12.0. The first-order valence-electron chi connectivity index (χ1n) is 7.42. The Morgan fingerprint density at radius 3 is 2.44 bits per heavy atom. The summed E-state index contributed by atoms with van der Waals surface area (Å²) < 4.78 is 24.9. The number of rotatable bonds is 7. The summed E-state index contributed by atoms with van der Waals surface area (Å²) >= 11 is 5.98. The number of benzene rings is 2.